The Balaban J connectivity index is 2.48. The van der Waals surface area contributed by atoms with Crippen LogP contribution in [-0.2, 0) is 6.42 Å². The van der Waals surface area contributed by atoms with Gasteiger partial charge in [-0.05, 0) is 73.2 Å². The van der Waals surface area contributed by atoms with Crippen LogP contribution in [0.15, 0.2) is 42.0 Å². The van der Waals surface area contributed by atoms with E-state index in [1.165, 1.54) is 18.4 Å². The highest BCUT2D eigenvalue weighted by molar-refractivity contribution is 5.75. The minimum atomic E-state index is 0.0819. The van der Waals surface area contributed by atoms with Gasteiger partial charge in [-0.2, -0.15) is 10.5 Å². The van der Waals surface area contributed by atoms with Gasteiger partial charge >= 0.3 is 0 Å². The van der Waals surface area contributed by atoms with Gasteiger partial charge in [0.15, 0.2) is 0 Å². The smallest absolute Gasteiger partial charge is 0.143 e. The highest BCUT2D eigenvalue weighted by atomic mass is 16.5. The molecule has 0 aliphatic rings. The van der Waals surface area contributed by atoms with Crippen molar-refractivity contribution >= 4 is 17.5 Å². The Morgan fingerprint density at radius 2 is 1.70 bits per heavy atom. The van der Waals surface area contributed by atoms with Gasteiger partial charge < -0.3 is 9.64 Å². The zero-order valence-corrected chi connectivity index (χ0v) is 18.5. The first-order valence-corrected chi connectivity index (χ1v) is 10.6. The first kappa shape index (κ1) is 23.0. The van der Waals surface area contributed by atoms with E-state index < -0.39 is 0 Å². The molecule has 0 radical (unpaired) electrons. The number of hydrogen-bond acceptors (Lipinski definition) is 4. The number of unbranched alkanes of at least 4 members (excludes halogenated alkanes) is 2. The molecule has 0 atom stereocenters. The Morgan fingerprint density at radius 1 is 1.03 bits per heavy atom. The Bertz CT molecular complexity index is 930. The molecule has 0 spiro atoms. The second-order valence-electron chi connectivity index (χ2n) is 7.44. The van der Waals surface area contributed by atoms with Crippen LogP contribution in [0, 0.1) is 29.6 Å². The minimum absolute atomic E-state index is 0.0819. The molecule has 0 heterocycles. The summed E-state index contributed by atoms with van der Waals surface area (Å²) >= 11 is 0. The quantitative estimate of drug-likeness (QED) is 0.415. The predicted octanol–water partition coefficient (Wildman–Crippen LogP) is 6.71. The van der Waals surface area contributed by atoms with E-state index >= 15 is 0 Å². The molecule has 0 bridgehead atoms. The fraction of sp³-hybridized carbons (Fsp3) is 0.385. The van der Waals surface area contributed by atoms with Gasteiger partial charge in [-0.25, -0.2) is 0 Å². The summed E-state index contributed by atoms with van der Waals surface area (Å²) in [5.74, 6) is 0.730. The van der Waals surface area contributed by atoms with Gasteiger partial charge in [0.25, 0.3) is 0 Å². The summed E-state index contributed by atoms with van der Waals surface area (Å²) in [4.78, 5) is 2.29. The molecule has 0 aliphatic carbocycles. The Labute approximate surface area is 181 Å². The molecule has 4 heteroatoms. The normalized spacial score (nSPS) is 10.1. The maximum atomic E-state index is 9.09. The number of ether oxygens (including phenoxy) is 1. The van der Waals surface area contributed by atoms with Crippen LogP contribution in [0.3, 0.4) is 0 Å². The van der Waals surface area contributed by atoms with Crippen molar-refractivity contribution in [3.05, 3.63) is 58.7 Å². The molecule has 2 rings (SSSR count). The van der Waals surface area contributed by atoms with Crippen LogP contribution < -0.4 is 9.64 Å². The molecule has 30 heavy (non-hydrogen) atoms. The lowest BCUT2D eigenvalue weighted by Gasteiger charge is -2.28. The molecular weight excluding hydrogens is 370 g/mol. The summed E-state index contributed by atoms with van der Waals surface area (Å²) < 4.78 is 5.71. The predicted molar refractivity (Wildman–Crippen MR) is 124 cm³/mol. The van der Waals surface area contributed by atoms with E-state index in [0.29, 0.717) is 0 Å². The Morgan fingerprint density at radius 3 is 2.27 bits per heavy atom. The molecule has 156 valence electrons. The standard InChI is InChI=1S/C26H31N3O/c1-5-7-9-21-10-12-24(13-11-21)29(14-8-6-2)25-15-20(3)23(17-26(25)30-4)16-22(18-27)19-28/h10-13,15-17H,5-9,14H2,1-4H3. The van der Waals surface area contributed by atoms with E-state index in [-0.39, 0.29) is 5.57 Å². The summed E-state index contributed by atoms with van der Waals surface area (Å²) in [7, 11) is 1.66. The van der Waals surface area contributed by atoms with E-state index in [9.17, 15) is 0 Å². The van der Waals surface area contributed by atoms with Gasteiger partial charge in [-0.15, -0.1) is 0 Å². The first-order chi connectivity index (χ1) is 14.6. The third kappa shape index (κ3) is 5.88. The van der Waals surface area contributed by atoms with Gasteiger partial charge in [0.2, 0.25) is 0 Å². The zero-order valence-electron chi connectivity index (χ0n) is 18.5. The number of aryl methyl sites for hydroxylation is 2. The maximum Gasteiger partial charge on any atom is 0.143 e. The number of methoxy groups -OCH3 is 1. The van der Waals surface area contributed by atoms with Crippen LogP contribution in [0.4, 0.5) is 11.4 Å². The lowest BCUT2D eigenvalue weighted by atomic mass is 10.0. The highest BCUT2D eigenvalue weighted by Crippen LogP contribution is 2.37. The summed E-state index contributed by atoms with van der Waals surface area (Å²) in [6, 6.07) is 16.6. The number of nitrogens with zero attached hydrogens (tertiary/aromatic N) is 3. The summed E-state index contributed by atoms with van der Waals surface area (Å²) in [6.07, 6.45) is 7.28. The summed E-state index contributed by atoms with van der Waals surface area (Å²) in [5.41, 5.74) is 5.39. The maximum absolute atomic E-state index is 9.09. The van der Waals surface area contributed by atoms with E-state index in [2.05, 4.69) is 49.1 Å². The minimum Gasteiger partial charge on any atom is -0.495 e. The van der Waals surface area contributed by atoms with Crippen molar-refractivity contribution in [2.24, 2.45) is 0 Å². The number of hydrogen-bond donors (Lipinski definition) is 0. The van der Waals surface area contributed by atoms with Gasteiger partial charge in [-0.1, -0.05) is 38.8 Å². The second kappa shape index (κ2) is 11.7. The molecule has 0 saturated carbocycles. The number of benzene rings is 2. The second-order valence-corrected chi connectivity index (χ2v) is 7.44. The van der Waals surface area contributed by atoms with Crippen LogP contribution in [0.1, 0.15) is 56.2 Å². The molecule has 0 aliphatic heterocycles. The Hall–Kier alpha value is -3.24. The van der Waals surface area contributed by atoms with Crippen molar-refractivity contribution in [3.63, 3.8) is 0 Å². The van der Waals surface area contributed by atoms with E-state index in [0.717, 1.165) is 54.1 Å². The largest absolute Gasteiger partial charge is 0.495 e. The molecule has 0 saturated heterocycles. The SMILES string of the molecule is CCCCc1ccc(N(CCCC)c2cc(C)c(C=C(C#N)C#N)cc2OC)cc1. The number of anilines is 2. The van der Waals surface area contributed by atoms with E-state index in [1.54, 1.807) is 13.2 Å². The van der Waals surface area contributed by atoms with Crippen molar-refractivity contribution in [2.75, 3.05) is 18.6 Å². The van der Waals surface area contributed by atoms with Gasteiger partial charge in [-0.3, -0.25) is 0 Å². The fourth-order valence-electron chi connectivity index (χ4n) is 3.39. The van der Waals surface area contributed by atoms with Crippen molar-refractivity contribution in [1.82, 2.24) is 0 Å². The molecule has 2 aromatic rings. The lowest BCUT2D eigenvalue weighted by molar-refractivity contribution is 0.415. The molecule has 4 nitrogen and oxygen atoms in total. The number of allylic oxidation sites excluding steroid dienone is 1. The van der Waals surface area contributed by atoms with Crippen molar-refractivity contribution in [3.8, 4) is 17.9 Å². The van der Waals surface area contributed by atoms with Gasteiger partial charge in [0, 0.05) is 12.2 Å². The summed E-state index contributed by atoms with van der Waals surface area (Å²) in [6.45, 7) is 7.28. The van der Waals surface area contributed by atoms with Gasteiger partial charge in [0.1, 0.15) is 23.5 Å². The van der Waals surface area contributed by atoms with Gasteiger partial charge in [0.05, 0.1) is 12.8 Å². The van der Waals surface area contributed by atoms with Crippen LogP contribution in [-0.4, -0.2) is 13.7 Å². The van der Waals surface area contributed by atoms with E-state index in [4.69, 9.17) is 15.3 Å². The molecular formula is C26H31N3O. The average Bonchev–Trinajstić information content (AvgIpc) is 2.78. The van der Waals surface area contributed by atoms with Crippen molar-refractivity contribution < 1.29 is 4.74 Å². The number of nitriles is 2. The number of rotatable bonds is 10. The van der Waals surface area contributed by atoms with Crippen LogP contribution >= 0.6 is 0 Å². The molecule has 0 N–H and O–H groups in total. The van der Waals surface area contributed by atoms with Crippen molar-refractivity contribution in [2.45, 2.75) is 52.9 Å². The first-order valence-electron chi connectivity index (χ1n) is 10.6. The topological polar surface area (TPSA) is 60.0 Å². The third-order valence-corrected chi connectivity index (χ3v) is 5.20. The third-order valence-electron chi connectivity index (χ3n) is 5.20. The molecule has 0 unspecified atom stereocenters. The molecule has 2 aromatic carbocycles. The average molecular weight is 402 g/mol. The molecule has 0 aromatic heterocycles. The van der Waals surface area contributed by atoms with Crippen LogP contribution in [0.25, 0.3) is 6.08 Å². The van der Waals surface area contributed by atoms with Crippen molar-refractivity contribution in [1.29, 1.82) is 10.5 Å². The molecule has 0 amide bonds. The lowest BCUT2D eigenvalue weighted by Crippen LogP contribution is -2.19. The van der Waals surface area contributed by atoms with Crippen LogP contribution in [0.5, 0.6) is 5.75 Å². The van der Waals surface area contributed by atoms with Crippen LogP contribution in [0.2, 0.25) is 0 Å². The Kier molecular flexibility index (Phi) is 8.98. The monoisotopic (exact) mass is 401 g/mol. The zero-order chi connectivity index (χ0) is 21.9. The van der Waals surface area contributed by atoms with E-state index in [1.807, 2.05) is 25.1 Å². The molecule has 0 fully saturated rings. The summed E-state index contributed by atoms with van der Waals surface area (Å²) in [5, 5.41) is 18.2. The fourth-order valence-corrected chi connectivity index (χ4v) is 3.39. The highest BCUT2D eigenvalue weighted by Gasteiger charge is 2.16.